The molecule has 0 spiro atoms. The predicted molar refractivity (Wildman–Crippen MR) is 74.7 cm³/mol. The summed E-state index contributed by atoms with van der Waals surface area (Å²) in [5, 5.41) is 3.48. The molecular formula is C15H22N2O2. The van der Waals surface area contributed by atoms with Crippen molar-refractivity contribution in [3.63, 3.8) is 0 Å². The van der Waals surface area contributed by atoms with E-state index in [-0.39, 0.29) is 0 Å². The van der Waals surface area contributed by atoms with Gasteiger partial charge < -0.3 is 14.8 Å². The number of benzene rings is 1. The lowest BCUT2D eigenvalue weighted by Crippen LogP contribution is -2.25. The van der Waals surface area contributed by atoms with E-state index in [0.717, 1.165) is 29.9 Å². The van der Waals surface area contributed by atoms with Crippen LogP contribution in [-0.4, -0.2) is 45.3 Å². The van der Waals surface area contributed by atoms with Crippen molar-refractivity contribution in [3.8, 4) is 11.5 Å². The molecule has 0 amide bonds. The van der Waals surface area contributed by atoms with E-state index in [2.05, 4.69) is 22.3 Å². The highest BCUT2D eigenvalue weighted by atomic mass is 16.5. The number of nitrogens with zero attached hydrogens (tertiary/aromatic N) is 1. The monoisotopic (exact) mass is 262 g/mol. The second kappa shape index (κ2) is 5.39. The van der Waals surface area contributed by atoms with E-state index in [9.17, 15) is 0 Å². The zero-order valence-corrected chi connectivity index (χ0v) is 11.7. The summed E-state index contributed by atoms with van der Waals surface area (Å²) in [6.07, 6.45) is 0. The highest BCUT2D eigenvalue weighted by Gasteiger charge is 2.35. The molecule has 1 aromatic carbocycles. The van der Waals surface area contributed by atoms with Crippen LogP contribution in [0.25, 0.3) is 0 Å². The van der Waals surface area contributed by atoms with E-state index in [1.165, 1.54) is 31.7 Å². The van der Waals surface area contributed by atoms with Gasteiger partial charge in [0.1, 0.15) is 0 Å². The fraction of sp³-hybridized carbons (Fsp3) is 0.600. The topological polar surface area (TPSA) is 33.7 Å². The maximum absolute atomic E-state index is 5.36. The van der Waals surface area contributed by atoms with Crippen LogP contribution < -0.4 is 14.8 Å². The molecular weight excluding hydrogens is 240 g/mol. The third-order valence-corrected chi connectivity index (χ3v) is 4.32. The van der Waals surface area contributed by atoms with Gasteiger partial charge in [-0.2, -0.15) is 0 Å². The molecule has 1 N–H and O–H groups in total. The number of likely N-dealkylation sites (tertiary alicyclic amines) is 1. The maximum Gasteiger partial charge on any atom is 0.161 e. The Balaban J connectivity index is 1.67. The summed E-state index contributed by atoms with van der Waals surface area (Å²) in [7, 11) is 3.36. The molecule has 2 unspecified atom stereocenters. The summed E-state index contributed by atoms with van der Waals surface area (Å²) < 4.78 is 10.6. The van der Waals surface area contributed by atoms with Gasteiger partial charge in [-0.05, 0) is 42.6 Å². The Morgan fingerprint density at radius 1 is 1.11 bits per heavy atom. The average Bonchev–Trinajstić information content (AvgIpc) is 2.99. The van der Waals surface area contributed by atoms with Gasteiger partial charge in [-0.3, -0.25) is 4.90 Å². The van der Waals surface area contributed by atoms with Crippen LogP contribution in [0.5, 0.6) is 11.5 Å². The van der Waals surface area contributed by atoms with E-state index in [4.69, 9.17) is 9.47 Å². The van der Waals surface area contributed by atoms with Crippen molar-refractivity contribution >= 4 is 0 Å². The molecule has 3 rings (SSSR count). The Morgan fingerprint density at radius 2 is 1.79 bits per heavy atom. The maximum atomic E-state index is 5.36. The van der Waals surface area contributed by atoms with Crippen molar-refractivity contribution in [2.75, 3.05) is 40.4 Å². The van der Waals surface area contributed by atoms with Crippen molar-refractivity contribution in [2.24, 2.45) is 11.8 Å². The smallest absolute Gasteiger partial charge is 0.161 e. The van der Waals surface area contributed by atoms with Crippen molar-refractivity contribution in [3.05, 3.63) is 23.8 Å². The first-order valence-corrected chi connectivity index (χ1v) is 6.94. The minimum absolute atomic E-state index is 0.800. The van der Waals surface area contributed by atoms with E-state index < -0.39 is 0 Å². The summed E-state index contributed by atoms with van der Waals surface area (Å²) in [4.78, 5) is 2.55. The highest BCUT2D eigenvalue weighted by Crippen LogP contribution is 2.30. The first-order chi connectivity index (χ1) is 9.30. The van der Waals surface area contributed by atoms with Crippen LogP contribution >= 0.6 is 0 Å². The van der Waals surface area contributed by atoms with Gasteiger partial charge in [0.05, 0.1) is 14.2 Å². The van der Waals surface area contributed by atoms with Crippen molar-refractivity contribution in [1.82, 2.24) is 10.2 Å². The van der Waals surface area contributed by atoms with Crippen LogP contribution in [-0.2, 0) is 6.54 Å². The van der Waals surface area contributed by atoms with Gasteiger partial charge in [0.2, 0.25) is 0 Å². The molecule has 0 saturated carbocycles. The third kappa shape index (κ3) is 2.55. The van der Waals surface area contributed by atoms with Gasteiger partial charge in [0.15, 0.2) is 11.5 Å². The van der Waals surface area contributed by atoms with Gasteiger partial charge in [-0.1, -0.05) is 6.07 Å². The van der Waals surface area contributed by atoms with Gasteiger partial charge in [-0.25, -0.2) is 0 Å². The summed E-state index contributed by atoms with van der Waals surface area (Å²) in [6, 6.07) is 6.21. The third-order valence-electron chi connectivity index (χ3n) is 4.32. The standard InChI is InChI=1S/C15H22N2O2/c1-18-14-4-3-11(5-15(14)19-2)8-17-9-12-6-16-7-13(12)10-17/h3-5,12-13,16H,6-10H2,1-2H3. The van der Waals surface area contributed by atoms with Gasteiger partial charge >= 0.3 is 0 Å². The second-order valence-corrected chi connectivity index (χ2v) is 5.56. The van der Waals surface area contributed by atoms with Crippen molar-refractivity contribution in [1.29, 1.82) is 0 Å². The Bertz CT molecular complexity index is 438. The summed E-state index contributed by atoms with van der Waals surface area (Å²) in [5.41, 5.74) is 1.30. The van der Waals surface area contributed by atoms with Crippen LogP contribution in [0, 0.1) is 11.8 Å². The fourth-order valence-electron chi connectivity index (χ4n) is 3.32. The van der Waals surface area contributed by atoms with E-state index in [1.54, 1.807) is 14.2 Å². The molecule has 0 bridgehead atoms. The molecule has 1 aromatic rings. The average molecular weight is 262 g/mol. The summed E-state index contributed by atoms with van der Waals surface area (Å²) >= 11 is 0. The minimum atomic E-state index is 0.800. The minimum Gasteiger partial charge on any atom is -0.493 e. The number of nitrogens with one attached hydrogen (secondary N) is 1. The Labute approximate surface area is 114 Å². The number of fused-ring (bicyclic) bond motifs is 1. The first-order valence-electron chi connectivity index (χ1n) is 6.94. The molecule has 2 aliphatic heterocycles. The van der Waals surface area contributed by atoms with Crippen LogP contribution in [0.2, 0.25) is 0 Å². The number of hydrogen-bond donors (Lipinski definition) is 1. The van der Waals surface area contributed by atoms with E-state index >= 15 is 0 Å². The molecule has 19 heavy (non-hydrogen) atoms. The van der Waals surface area contributed by atoms with E-state index in [1.807, 2.05) is 6.07 Å². The van der Waals surface area contributed by atoms with Crippen LogP contribution in [0.1, 0.15) is 5.56 Å². The SMILES string of the molecule is COc1ccc(CN2CC3CNCC3C2)cc1OC. The molecule has 2 heterocycles. The van der Waals surface area contributed by atoms with E-state index in [0.29, 0.717) is 0 Å². The van der Waals surface area contributed by atoms with Crippen molar-refractivity contribution in [2.45, 2.75) is 6.54 Å². The lowest BCUT2D eigenvalue weighted by atomic mass is 10.0. The Kier molecular flexibility index (Phi) is 3.62. The lowest BCUT2D eigenvalue weighted by Gasteiger charge is -2.18. The van der Waals surface area contributed by atoms with Crippen LogP contribution in [0.3, 0.4) is 0 Å². The second-order valence-electron chi connectivity index (χ2n) is 5.56. The molecule has 0 aromatic heterocycles. The van der Waals surface area contributed by atoms with Crippen LogP contribution in [0.15, 0.2) is 18.2 Å². The largest absolute Gasteiger partial charge is 0.493 e. The fourth-order valence-corrected chi connectivity index (χ4v) is 3.32. The normalized spacial score (nSPS) is 26.4. The Hall–Kier alpha value is -1.26. The van der Waals surface area contributed by atoms with Gasteiger partial charge in [0, 0.05) is 19.6 Å². The highest BCUT2D eigenvalue weighted by molar-refractivity contribution is 5.42. The van der Waals surface area contributed by atoms with Crippen LogP contribution in [0.4, 0.5) is 0 Å². The van der Waals surface area contributed by atoms with Gasteiger partial charge in [-0.15, -0.1) is 0 Å². The quantitative estimate of drug-likeness (QED) is 0.888. The number of ether oxygens (including phenoxy) is 2. The molecule has 0 radical (unpaired) electrons. The van der Waals surface area contributed by atoms with Gasteiger partial charge in [0.25, 0.3) is 0 Å². The number of rotatable bonds is 4. The predicted octanol–water partition coefficient (Wildman–Crippen LogP) is 1.35. The number of methoxy groups -OCH3 is 2. The molecule has 2 fully saturated rings. The molecule has 2 atom stereocenters. The molecule has 2 saturated heterocycles. The van der Waals surface area contributed by atoms with Crippen molar-refractivity contribution < 1.29 is 9.47 Å². The zero-order chi connectivity index (χ0) is 13.2. The molecule has 2 aliphatic rings. The molecule has 4 nitrogen and oxygen atoms in total. The number of hydrogen-bond acceptors (Lipinski definition) is 4. The first kappa shape index (κ1) is 12.8. The Morgan fingerprint density at radius 3 is 2.42 bits per heavy atom. The summed E-state index contributed by atoms with van der Waals surface area (Å²) in [5.74, 6) is 3.31. The molecule has 104 valence electrons. The molecule has 0 aliphatic carbocycles. The zero-order valence-electron chi connectivity index (χ0n) is 11.7. The lowest BCUT2D eigenvalue weighted by molar-refractivity contribution is 0.304. The summed E-state index contributed by atoms with van der Waals surface area (Å²) in [6.45, 7) is 5.81. The molecule has 4 heteroatoms.